The SMILES string of the molecule is COCC(CO)Nc1nc(Cl)ccc1[N+](=O)[O-]. The van der Waals surface area contributed by atoms with Crippen molar-refractivity contribution in [1.29, 1.82) is 0 Å². The van der Waals surface area contributed by atoms with Gasteiger partial charge in [0.25, 0.3) is 0 Å². The molecule has 1 heterocycles. The Balaban J connectivity index is 2.94. The number of aliphatic hydroxyl groups is 1. The van der Waals surface area contributed by atoms with Gasteiger partial charge in [0.05, 0.1) is 24.2 Å². The van der Waals surface area contributed by atoms with Crippen LogP contribution in [0.2, 0.25) is 5.15 Å². The van der Waals surface area contributed by atoms with E-state index in [1.54, 1.807) is 0 Å². The molecular weight excluding hydrogens is 250 g/mol. The van der Waals surface area contributed by atoms with Crippen LogP contribution in [0, 0.1) is 10.1 Å². The highest BCUT2D eigenvalue weighted by Crippen LogP contribution is 2.24. The molecule has 17 heavy (non-hydrogen) atoms. The number of methoxy groups -OCH3 is 1. The standard InChI is InChI=1S/C9H12ClN3O4/c1-17-5-6(4-14)11-9-7(13(15)16)2-3-8(10)12-9/h2-3,6,14H,4-5H2,1H3,(H,11,12). The molecule has 0 amide bonds. The van der Waals surface area contributed by atoms with Gasteiger partial charge in [-0.1, -0.05) is 11.6 Å². The molecule has 0 saturated heterocycles. The van der Waals surface area contributed by atoms with E-state index in [1.165, 1.54) is 19.2 Å². The number of rotatable bonds is 6. The molecule has 0 aliphatic carbocycles. The summed E-state index contributed by atoms with van der Waals surface area (Å²) in [6, 6.07) is 2.10. The van der Waals surface area contributed by atoms with Crippen LogP contribution in [0.4, 0.5) is 11.5 Å². The Bertz CT molecular complexity index is 402. The van der Waals surface area contributed by atoms with Crippen molar-refractivity contribution in [2.24, 2.45) is 0 Å². The van der Waals surface area contributed by atoms with Crippen LogP contribution in [-0.4, -0.2) is 41.4 Å². The second-order valence-corrected chi connectivity index (χ2v) is 3.63. The van der Waals surface area contributed by atoms with E-state index in [4.69, 9.17) is 21.4 Å². The van der Waals surface area contributed by atoms with Gasteiger partial charge in [-0.3, -0.25) is 10.1 Å². The zero-order chi connectivity index (χ0) is 12.8. The third kappa shape index (κ3) is 3.81. The summed E-state index contributed by atoms with van der Waals surface area (Å²) in [5, 5.41) is 22.6. The molecule has 7 nitrogen and oxygen atoms in total. The van der Waals surface area contributed by atoms with Crippen molar-refractivity contribution >= 4 is 23.1 Å². The number of halogens is 1. The number of ether oxygens (including phenoxy) is 1. The van der Waals surface area contributed by atoms with Crippen LogP contribution in [-0.2, 0) is 4.74 Å². The maximum atomic E-state index is 10.7. The van der Waals surface area contributed by atoms with E-state index in [9.17, 15) is 10.1 Å². The summed E-state index contributed by atoms with van der Waals surface area (Å²) in [5.41, 5.74) is -0.205. The van der Waals surface area contributed by atoms with E-state index in [0.29, 0.717) is 0 Å². The van der Waals surface area contributed by atoms with Crippen molar-refractivity contribution in [3.63, 3.8) is 0 Å². The van der Waals surface area contributed by atoms with Gasteiger partial charge in [0, 0.05) is 13.2 Å². The van der Waals surface area contributed by atoms with E-state index >= 15 is 0 Å². The number of nitrogens with zero attached hydrogens (tertiary/aromatic N) is 2. The molecule has 1 unspecified atom stereocenters. The van der Waals surface area contributed by atoms with Gasteiger partial charge in [0.2, 0.25) is 5.82 Å². The molecule has 1 aromatic rings. The van der Waals surface area contributed by atoms with Crippen LogP contribution >= 0.6 is 11.6 Å². The molecule has 0 aliphatic heterocycles. The molecule has 0 saturated carbocycles. The molecule has 94 valence electrons. The second kappa shape index (κ2) is 6.33. The van der Waals surface area contributed by atoms with Crippen molar-refractivity contribution in [2.75, 3.05) is 25.6 Å². The number of anilines is 1. The van der Waals surface area contributed by atoms with E-state index in [2.05, 4.69) is 10.3 Å². The summed E-state index contributed by atoms with van der Waals surface area (Å²) in [6.07, 6.45) is 0. The Morgan fingerprint density at radius 1 is 1.71 bits per heavy atom. The summed E-state index contributed by atoms with van der Waals surface area (Å²) < 4.78 is 4.84. The highest BCUT2D eigenvalue weighted by molar-refractivity contribution is 6.29. The Morgan fingerprint density at radius 2 is 2.41 bits per heavy atom. The van der Waals surface area contributed by atoms with Gasteiger partial charge in [-0.2, -0.15) is 0 Å². The predicted molar refractivity (Wildman–Crippen MR) is 62.3 cm³/mol. The molecule has 1 atom stereocenters. The second-order valence-electron chi connectivity index (χ2n) is 3.24. The predicted octanol–water partition coefficient (Wildman–Crippen LogP) is 1.06. The Kier molecular flexibility index (Phi) is 5.08. The first-order valence-corrected chi connectivity index (χ1v) is 5.13. The van der Waals surface area contributed by atoms with E-state index in [0.717, 1.165) is 0 Å². The molecule has 1 rings (SSSR count). The van der Waals surface area contributed by atoms with Crippen LogP contribution in [0.5, 0.6) is 0 Å². The monoisotopic (exact) mass is 261 g/mol. The molecule has 2 N–H and O–H groups in total. The first kappa shape index (κ1) is 13.6. The minimum absolute atomic E-state index is 0.0126. The summed E-state index contributed by atoms with van der Waals surface area (Å²) in [4.78, 5) is 14.0. The lowest BCUT2D eigenvalue weighted by molar-refractivity contribution is -0.384. The molecule has 0 aromatic carbocycles. The summed E-state index contributed by atoms with van der Waals surface area (Å²) >= 11 is 5.66. The van der Waals surface area contributed by atoms with Gasteiger partial charge in [0.15, 0.2) is 0 Å². The summed E-state index contributed by atoms with van der Waals surface area (Å²) in [7, 11) is 1.46. The maximum absolute atomic E-state index is 10.7. The van der Waals surface area contributed by atoms with Crippen molar-refractivity contribution in [1.82, 2.24) is 4.98 Å². The lowest BCUT2D eigenvalue weighted by atomic mass is 10.3. The fourth-order valence-electron chi connectivity index (χ4n) is 1.22. The van der Waals surface area contributed by atoms with Gasteiger partial charge >= 0.3 is 5.69 Å². The number of hydrogen-bond acceptors (Lipinski definition) is 6. The largest absolute Gasteiger partial charge is 0.394 e. The number of aliphatic hydroxyl groups excluding tert-OH is 1. The minimum Gasteiger partial charge on any atom is -0.394 e. The lowest BCUT2D eigenvalue weighted by Crippen LogP contribution is -2.29. The average Bonchev–Trinajstić information content (AvgIpc) is 2.28. The van der Waals surface area contributed by atoms with Crippen molar-refractivity contribution in [3.8, 4) is 0 Å². The van der Waals surface area contributed by atoms with Crippen molar-refractivity contribution < 1.29 is 14.8 Å². The van der Waals surface area contributed by atoms with Gasteiger partial charge < -0.3 is 15.2 Å². The molecule has 0 fully saturated rings. The van der Waals surface area contributed by atoms with Crippen molar-refractivity contribution in [3.05, 3.63) is 27.4 Å². The zero-order valence-electron chi connectivity index (χ0n) is 9.09. The molecule has 0 bridgehead atoms. The highest BCUT2D eigenvalue weighted by Gasteiger charge is 2.18. The lowest BCUT2D eigenvalue weighted by Gasteiger charge is -2.15. The Morgan fingerprint density at radius 3 is 2.94 bits per heavy atom. The minimum atomic E-state index is -0.576. The normalized spacial score (nSPS) is 12.2. The Hall–Kier alpha value is -1.44. The van der Waals surface area contributed by atoms with Gasteiger partial charge in [-0.25, -0.2) is 4.98 Å². The summed E-state index contributed by atoms with van der Waals surface area (Å²) in [6.45, 7) is -0.0406. The van der Waals surface area contributed by atoms with Gasteiger partial charge in [-0.05, 0) is 6.07 Å². The van der Waals surface area contributed by atoms with Crippen LogP contribution in [0.1, 0.15) is 0 Å². The zero-order valence-corrected chi connectivity index (χ0v) is 9.85. The average molecular weight is 262 g/mol. The maximum Gasteiger partial charge on any atom is 0.311 e. The molecule has 0 aliphatic rings. The third-order valence-corrected chi connectivity index (χ3v) is 2.18. The number of hydrogen-bond donors (Lipinski definition) is 2. The summed E-state index contributed by atoms with van der Waals surface area (Å²) in [5.74, 6) is 0.0126. The number of aromatic nitrogens is 1. The van der Waals surface area contributed by atoms with Crippen LogP contribution in [0.25, 0.3) is 0 Å². The van der Waals surface area contributed by atoms with Crippen LogP contribution < -0.4 is 5.32 Å². The first-order valence-electron chi connectivity index (χ1n) is 4.75. The Labute approximate surface area is 103 Å². The fraction of sp³-hybridized carbons (Fsp3) is 0.444. The fourth-order valence-corrected chi connectivity index (χ4v) is 1.36. The number of nitrogens with one attached hydrogen (secondary N) is 1. The van der Waals surface area contributed by atoms with E-state index in [1.807, 2.05) is 0 Å². The third-order valence-electron chi connectivity index (χ3n) is 1.97. The molecule has 1 aromatic heterocycles. The van der Waals surface area contributed by atoms with Gasteiger partial charge in [0.1, 0.15) is 5.15 Å². The number of nitro groups is 1. The van der Waals surface area contributed by atoms with Crippen LogP contribution in [0.3, 0.4) is 0 Å². The van der Waals surface area contributed by atoms with E-state index in [-0.39, 0.29) is 29.9 Å². The quantitative estimate of drug-likeness (QED) is 0.451. The van der Waals surface area contributed by atoms with Crippen LogP contribution in [0.15, 0.2) is 12.1 Å². The van der Waals surface area contributed by atoms with E-state index < -0.39 is 11.0 Å². The van der Waals surface area contributed by atoms with Crippen molar-refractivity contribution in [2.45, 2.75) is 6.04 Å². The first-order chi connectivity index (χ1) is 8.08. The topological polar surface area (TPSA) is 97.5 Å². The molecule has 0 radical (unpaired) electrons. The number of pyridine rings is 1. The smallest absolute Gasteiger partial charge is 0.311 e. The molecule has 8 heteroatoms. The molecular formula is C9H12ClN3O4. The molecule has 0 spiro atoms. The van der Waals surface area contributed by atoms with Gasteiger partial charge in [-0.15, -0.1) is 0 Å². The highest BCUT2D eigenvalue weighted by atomic mass is 35.5.